The van der Waals surface area contributed by atoms with E-state index in [9.17, 15) is 9.59 Å². The number of rotatable bonds is 4. The van der Waals surface area contributed by atoms with E-state index in [0.717, 1.165) is 12.8 Å². The summed E-state index contributed by atoms with van der Waals surface area (Å²) in [6, 6.07) is -0.918. The highest BCUT2D eigenvalue weighted by atomic mass is 16.5. The van der Waals surface area contributed by atoms with Gasteiger partial charge in [0, 0.05) is 5.92 Å². The Hall–Kier alpha value is -1.10. The second kappa shape index (κ2) is 4.23. The number of esters is 1. The molecule has 0 aromatic rings. The van der Waals surface area contributed by atoms with Crippen LogP contribution in [0, 0.1) is 5.92 Å². The first-order valence-corrected chi connectivity index (χ1v) is 4.18. The number of aliphatic hydroxyl groups excluding tert-OH is 1. The fourth-order valence-electron chi connectivity index (χ4n) is 0.956. The van der Waals surface area contributed by atoms with Gasteiger partial charge < -0.3 is 15.2 Å². The lowest BCUT2D eigenvalue weighted by Crippen LogP contribution is -2.44. The molecule has 0 saturated heterocycles. The SMILES string of the molecule is COC(=O)C(CO)NC(=O)C1CC1. The Morgan fingerprint density at radius 3 is 2.62 bits per heavy atom. The summed E-state index contributed by atoms with van der Waals surface area (Å²) in [6.45, 7) is -0.425. The lowest BCUT2D eigenvalue weighted by molar-refractivity contribution is -0.146. The van der Waals surface area contributed by atoms with Crippen LogP contribution in [0.2, 0.25) is 0 Å². The van der Waals surface area contributed by atoms with Gasteiger partial charge in [0.1, 0.15) is 0 Å². The van der Waals surface area contributed by atoms with E-state index in [4.69, 9.17) is 5.11 Å². The number of carbonyl (C=O) groups is 2. The third-order valence-corrected chi connectivity index (χ3v) is 1.93. The second-order valence-corrected chi connectivity index (χ2v) is 3.04. The van der Waals surface area contributed by atoms with Crippen molar-refractivity contribution in [3.8, 4) is 0 Å². The molecule has 1 aliphatic rings. The topological polar surface area (TPSA) is 75.6 Å². The smallest absolute Gasteiger partial charge is 0.330 e. The predicted octanol–water partition coefficient (Wildman–Crippen LogP) is -0.954. The van der Waals surface area contributed by atoms with Gasteiger partial charge in [0.25, 0.3) is 0 Å². The summed E-state index contributed by atoms with van der Waals surface area (Å²) in [5, 5.41) is 11.2. The number of amides is 1. The van der Waals surface area contributed by atoms with Crippen molar-refractivity contribution in [2.24, 2.45) is 5.92 Å². The molecule has 0 radical (unpaired) electrons. The van der Waals surface area contributed by atoms with Gasteiger partial charge >= 0.3 is 5.97 Å². The van der Waals surface area contributed by atoms with Gasteiger partial charge in [0.2, 0.25) is 5.91 Å². The van der Waals surface area contributed by atoms with E-state index in [0.29, 0.717) is 0 Å². The van der Waals surface area contributed by atoms with Crippen molar-refractivity contribution in [1.29, 1.82) is 0 Å². The molecule has 5 heteroatoms. The Balaban J connectivity index is 2.37. The molecule has 5 nitrogen and oxygen atoms in total. The molecule has 0 aliphatic heterocycles. The molecule has 0 aromatic heterocycles. The first-order chi connectivity index (χ1) is 6.19. The first kappa shape index (κ1) is 9.98. The van der Waals surface area contributed by atoms with E-state index in [2.05, 4.69) is 10.1 Å². The van der Waals surface area contributed by atoms with Crippen molar-refractivity contribution in [3.63, 3.8) is 0 Å². The highest BCUT2D eigenvalue weighted by molar-refractivity contribution is 5.86. The van der Waals surface area contributed by atoms with Crippen molar-refractivity contribution in [1.82, 2.24) is 5.32 Å². The molecule has 0 heterocycles. The zero-order chi connectivity index (χ0) is 9.84. The summed E-state index contributed by atoms with van der Waals surface area (Å²) in [5.74, 6) is -0.764. The van der Waals surface area contributed by atoms with Crippen LogP contribution in [-0.2, 0) is 14.3 Å². The van der Waals surface area contributed by atoms with Crippen LogP contribution in [0.25, 0.3) is 0 Å². The lowest BCUT2D eigenvalue weighted by Gasteiger charge is -2.12. The Labute approximate surface area is 76.1 Å². The zero-order valence-corrected chi connectivity index (χ0v) is 7.45. The van der Waals surface area contributed by atoms with E-state index in [1.54, 1.807) is 0 Å². The molecule has 74 valence electrons. The van der Waals surface area contributed by atoms with Gasteiger partial charge in [-0.3, -0.25) is 4.79 Å². The van der Waals surface area contributed by atoms with E-state index in [-0.39, 0.29) is 11.8 Å². The largest absolute Gasteiger partial charge is 0.467 e. The van der Waals surface area contributed by atoms with Gasteiger partial charge in [-0.05, 0) is 12.8 Å². The molecule has 0 aromatic carbocycles. The minimum Gasteiger partial charge on any atom is -0.467 e. The molecule has 13 heavy (non-hydrogen) atoms. The summed E-state index contributed by atoms with van der Waals surface area (Å²) in [5.41, 5.74) is 0. The van der Waals surface area contributed by atoms with Crippen molar-refractivity contribution < 1.29 is 19.4 Å². The van der Waals surface area contributed by atoms with E-state index in [1.807, 2.05) is 0 Å². The Bertz CT molecular complexity index is 212. The number of aliphatic hydroxyl groups is 1. The Kier molecular flexibility index (Phi) is 3.25. The van der Waals surface area contributed by atoms with Crippen LogP contribution in [0.1, 0.15) is 12.8 Å². The van der Waals surface area contributed by atoms with Crippen molar-refractivity contribution in [2.45, 2.75) is 18.9 Å². The molecule has 1 amide bonds. The molecule has 1 atom stereocenters. The number of ether oxygens (including phenoxy) is 1. The summed E-state index contributed by atoms with van der Waals surface area (Å²) in [7, 11) is 1.22. The van der Waals surface area contributed by atoms with Crippen molar-refractivity contribution in [2.75, 3.05) is 13.7 Å². The molecule has 1 aliphatic carbocycles. The first-order valence-electron chi connectivity index (χ1n) is 4.18. The molecule has 1 rings (SSSR count). The van der Waals surface area contributed by atoms with Crippen LogP contribution < -0.4 is 5.32 Å². The number of nitrogens with one attached hydrogen (secondary N) is 1. The molecular formula is C8H13NO4. The Morgan fingerprint density at radius 2 is 2.23 bits per heavy atom. The molecule has 2 N–H and O–H groups in total. The van der Waals surface area contributed by atoms with Crippen LogP contribution in [0.5, 0.6) is 0 Å². The third-order valence-electron chi connectivity index (χ3n) is 1.93. The lowest BCUT2D eigenvalue weighted by atomic mass is 10.3. The molecule has 1 unspecified atom stereocenters. The second-order valence-electron chi connectivity index (χ2n) is 3.04. The van der Waals surface area contributed by atoms with E-state index in [1.165, 1.54) is 7.11 Å². The number of hydrogen-bond acceptors (Lipinski definition) is 4. The fraction of sp³-hybridized carbons (Fsp3) is 0.750. The fourth-order valence-corrected chi connectivity index (χ4v) is 0.956. The average molecular weight is 187 g/mol. The molecule has 0 bridgehead atoms. The monoisotopic (exact) mass is 187 g/mol. The molecular weight excluding hydrogens is 174 g/mol. The van der Waals surface area contributed by atoms with Crippen LogP contribution in [0.3, 0.4) is 0 Å². The summed E-state index contributed by atoms with van der Waals surface area (Å²) in [6.07, 6.45) is 1.73. The van der Waals surface area contributed by atoms with Crippen LogP contribution in [0.4, 0.5) is 0 Å². The van der Waals surface area contributed by atoms with Gasteiger partial charge in [-0.1, -0.05) is 0 Å². The van der Waals surface area contributed by atoms with Crippen molar-refractivity contribution in [3.05, 3.63) is 0 Å². The quantitative estimate of drug-likeness (QED) is 0.556. The van der Waals surface area contributed by atoms with Crippen LogP contribution in [0.15, 0.2) is 0 Å². The average Bonchev–Trinajstić information content (AvgIpc) is 2.95. The van der Waals surface area contributed by atoms with E-state index >= 15 is 0 Å². The molecule has 1 fully saturated rings. The van der Waals surface area contributed by atoms with Gasteiger partial charge in [0.15, 0.2) is 6.04 Å². The number of methoxy groups -OCH3 is 1. The van der Waals surface area contributed by atoms with Crippen molar-refractivity contribution >= 4 is 11.9 Å². The predicted molar refractivity (Wildman–Crippen MR) is 43.8 cm³/mol. The van der Waals surface area contributed by atoms with Gasteiger partial charge in [-0.15, -0.1) is 0 Å². The molecule has 1 saturated carbocycles. The van der Waals surface area contributed by atoms with Gasteiger partial charge in [-0.2, -0.15) is 0 Å². The normalized spacial score (nSPS) is 17.7. The van der Waals surface area contributed by atoms with Crippen LogP contribution in [-0.4, -0.2) is 36.7 Å². The third kappa shape index (κ3) is 2.69. The maximum atomic E-state index is 11.2. The summed E-state index contributed by atoms with van der Waals surface area (Å²) in [4.78, 5) is 22.1. The highest BCUT2D eigenvalue weighted by Crippen LogP contribution is 2.28. The maximum Gasteiger partial charge on any atom is 0.330 e. The van der Waals surface area contributed by atoms with Gasteiger partial charge in [0.05, 0.1) is 13.7 Å². The zero-order valence-electron chi connectivity index (χ0n) is 7.45. The Morgan fingerprint density at radius 1 is 1.62 bits per heavy atom. The minimum atomic E-state index is -0.918. The standard InChI is InChI=1S/C8H13NO4/c1-13-8(12)6(4-10)9-7(11)5-2-3-5/h5-6,10H,2-4H2,1H3,(H,9,11). The highest BCUT2D eigenvalue weighted by Gasteiger charge is 2.32. The van der Waals surface area contributed by atoms with Crippen LogP contribution >= 0.6 is 0 Å². The summed E-state index contributed by atoms with van der Waals surface area (Å²) >= 11 is 0. The van der Waals surface area contributed by atoms with E-state index < -0.39 is 18.6 Å². The number of carbonyl (C=O) groups excluding carboxylic acids is 2. The summed E-state index contributed by atoms with van der Waals surface area (Å²) < 4.78 is 4.39. The minimum absolute atomic E-state index is 0.0266. The number of hydrogen-bond donors (Lipinski definition) is 2. The van der Waals surface area contributed by atoms with Gasteiger partial charge in [-0.25, -0.2) is 4.79 Å². The molecule has 0 spiro atoms. The maximum absolute atomic E-state index is 11.2.